The Kier molecular flexibility index (Phi) is 5.03. The molecule has 1 aromatic heterocycles. The second kappa shape index (κ2) is 6.57. The summed E-state index contributed by atoms with van der Waals surface area (Å²) >= 11 is 0. The number of anilines is 1. The van der Waals surface area contributed by atoms with Crippen LogP contribution in [0, 0.1) is 0 Å². The molecule has 2 rings (SSSR count). The van der Waals surface area contributed by atoms with E-state index in [9.17, 15) is 0 Å². The van der Waals surface area contributed by atoms with Crippen LogP contribution in [-0.4, -0.2) is 23.6 Å². The van der Waals surface area contributed by atoms with E-state index in [4.69, 9.17) is 4.98 Å². The summed E-state index contributed by atoms with van der Waals surface area (Å²) in [4.78, 5) is 7.35. The van der Waals surface area contributed by atoms with Gasteiger partial charge in [-0.15, -0.1) is 0 Å². The van der Waals surface area contributed by atoms with Crippen LogP contribution in [0.3, 0.4) is 0 Å². The second-order valence-corrected chi connectivity index (χ2v) is 6.47. The van der Waals surface area contributed by atoms with Crippen LogP contribution >= 0.6 is 0 Å². The summed E-state index contributed by atoms with van der Waals surface area (Å²) in [6.07, 6.45) is 2.64. The average Bonchev–Trinajstić information content (AvgIpc) is 3.21. The van der Waals surface area contributed by atoms with Crippen molar-refractivity contribution in [3.63, 3.8) is 0 Å². The van der Waals surface area contributed by atoms with E-state index in [1.54, 1.807) is 0 Å². The fraction of sp³-hybridized carbons (Fsp3) is 0.706. The van der Waals surface area contributed by atoms with Crippen LogP contribution < -0.4 is 10.2 Å². The minimum Gasteiger partial charge on any atom is -0.354 e. The highest BCUT2D eigenvalue weighted by Gasteiger charge is 2.29. The van der Waals surface area contributed by atoms with Crippen molar-refractivity contribution in [3.05, 3.63) is 23.4 Å². The van der Waals surface area contributed by atoms with Crippen molar-refractivity contribution in [2.45, 2.75) is 72.0 Å². The van der Waals surface area contributed by atoms with E-state index in [1.807, 2.05) is 0 Å². The smallest absolute Gasteiger partial charge is 0.129 e. The third-order valence-electron chi connectivity index (χ3n) is 3.82. The zero-order chi connectivity index (χ0) is 14.7. The largest absolute Gasteiger partial charge is 0.354 e. The van der Waals surface area contributed by atoms with Crippen LogP contribution in [0.1, 0.15) is 64.6 Å². The predicted octanol–water partition coefficient (Wildman–Crippen LogP) is 3.69. The lowest BCUT2D eigenvalue weighted by atomic mass is 10.1. The lowest BCUT2D eigenvalue weighted by Crippen LogP contribution is -2.27. The summed E-state index contributed by atoms with van der Waals surface area (Å²) in [6, 6.07) is 5.76. The fourth-order valence-electron chi connectivity index (χ4n) is 2.45. The molecule has 0 spiro atoms. The SMILES string of the molecule is CCN(c1cc(CNC(C)C)cc(C(C)C)n1)C1CC1. The third kappa shape index (κ3) is 3.95. The summed E-state index contributed by atoms with van der Waals surface area (Å²) < 4.78 is 0. The second-order valence-electron chi connectivity index (χ2n) is 6.47. The molecular formula is C17H29N3. The molecule has 0 atom stereocenters. The van der Waals surface area contributed by atoms with Gasteiger partial charge in [0.25, 0.3) is 0 Å². The molecule has 3 heteroatoms. The highest BCUT2D eigenvalue weighted by Crippen LogP contribution is 2.31. The number of nitrogens with one attached hydrogen (secondary N) is 1. The standard InChI is InChI=1S/C17H29N3/c1-6-20(15-7-8-15)17-10-14(11-18-13(4)5)9-16(19-17)12(2)3/h9-10,12-13,15,18H,6-8,11H2,1-5H3. The van der Waals surface area contributed by atoms with Gasteiger partial charge < -0.3 is 10.2 Å². The molecule has 1 aliphatic carbocycles. The first-order valence-electron chi connectivity index (χ1n) is 8.02. The van der Waals surface area contributed by atoms with Crippen molar-refractivity contribution in [2.75, 3.05) is 11.4 Å². The van der Waals surface area contributed by atoms with E-state index in [0.29, 0.717) is 12.0 Å². The zero-order valence-electron chi connectivity index (χ0n) is 13.6. The summed E-state index contributed by atoms with van der Waals surface area (Å²) in [7, 11) is 0. The van der Waals surface area contributed by atoms with E-state index < -0.39 is 0 Å². The maximum absolute atomic E-state index is 4.89. The van der Waals surface area contributed by atoms with Gasteiger partial charge in [0.2, 0.25) is 0 Å². The highest BCUT2D eigenvalue weighted by molar-refractivity contribution is 5.45. The minimum atomic E-state index is 0.477. The van der Waals surface area contributed by atoms with E-state index in [1.165, 1.54) is 29.9 Å². The average molecular weight is 275 g/mol. The van der Waals surface area contributed by atoms with Gasteiger partial charge in [0.1, 0.15) is 5.82 Å². The normalized spacial score (nSPS) is 15.2. The number of hydrogen-bond donors (Lipinski definition) is 1. The topological polar surface area (TPSA) is 28.2 Å². The quantitative estimate of drug-likeness (QED) is 0.822. The molecule has 1 fully saturated rings. The molecule has 0 amide bonds. The Morgan fingerprint density at radius 3 is 2.45 bits per heavy atom. The van der Waals surface area contributed by atoms with Crippen molar-refractivity contribution < 1.29 is 0 Å². The zero-order valence-corrected chi connectivity index (χ0v) is 13.6. The minimum absolute atomic E-state index is 0.477. The lowest BCUT2D eigenvalue weighted by Gasteiger charge is -2.24. The Morgan fingerprint density at radius 1 is 1.25 bits per heavy atom. The van der Waals surface area contributed by atoms with Gasteiger partial charge in [0.15, 0.2) is 0 Å². The first-order valence-corrected chi connectivity index (χ1v) is 8.02. The van der Waals surface area contributed by atoms with Gasteiger partial charge >= 0.3 is 0 Å². The van der Waals surface area contributed by atoms with Crippen LogP contribution in [0.4, 0.5) is 5.82 Å². The molecule has 0 unspecified atom stereocenters. The van der Waals surface area contributed by atoms with Crippen molar-refractivity contribution in [1.29, 1.82) is 0 Å². The Bertz CT molecular complexity index is 436. The summed E-state index contributed by atoms with van der Waals surface area (Å²) in [5.41, 5.74) is 2.56. The Balaban J connectivity index is 2.25. The van der Waals surface area contributed by atoms with Crippen molar-refractivity contribution in [1.82, 2.24) is 10.3 Å². The third-order valence-corrected chi connectivity index (χ3v) is 3.82. The van der Waals surface area contributed by atoms with E-state index in [0.717, 1.165) is 19.1 Å². The summed E-state index contributed by atoms with van der Waals surface area (Å²) in [5, 5.41) is 3.51. The number of aromatic nitrogens is 1. The molecule has 0 radical (unpaired) electrons. The molecule has 0 aromatic carbocycles. The molecule has 1 N–H and O–H groups in total. The molecule has 1 aromatic rings. The highest BCUT2D eigenvalue weighted by atomic mass is 15.2. The number of hydrogen-bond acceptors (Lipinski definition) is 3. The van der Waals surface area contributed by atoms with Gasteiger partial charge in [-0.05, 0) is 43.4 Å². The first-order chi connectivity index (χ1) is 9.51. The van der Waals surface area contributed by atoms with Gasteiger partial charge in [-0.1, -0.05) is 27.7 Å². The van der Waals surface area contributed by atoms with E-state index >= 15 is 0 Å². The first kappa shape index (κ1) is 15.3. The van der Waals surface area contributed by atoms with E-state index in [2.05, 4.69) is 57.0 Å². The molecule has 112 valence electrons. The van der Waals surface area contributed by atoms with Gasteiger partial charge in [-0.2, -0.15) is 0 Å². The van der Waals surface area contributed by atoms with Gasteiger partial charge in [-0.25, -0.2) is 4.98 Å². The molecule has 1 aliphatic rings. The molecule has 1 saturated carbocycles. The summed E-state index contributed by atoms with van der Waals surface area (Å²) in [5.74, 6) is 1.65. The monoisotopic (exact) mass is 275 g/mol. The van der Waals surface area contributed by atoms with Gasteiger partial charge in [0.05, 0.1) is 0 Å². The maximum Gasteiger partial charge on any atom is 0.129 e. The fourth-order valence-corrected chi connectivity index (χ4v) is 2.45. The Labute approximate surface area is 123 Å². The molecule has 1 heterocycles. The molecule has 0 aliphatic heterocycles. The van der Waals surface area contributed by atoms with Crippen LogP contribution in [-0.2, 0) is 6.54 Å². The Morgan fingerprint density at radius 2 is 1.95 bits per heavy atom. The van der Waals surface area contributed by atoms with Crippen LogP contribution in [0.5, 0.6) is 0 Å². The van der Waals surface area contributed by atoms with Crippen molar-refractivity contribution >= 4 is 5.82 Å². The maximum atomic E-state index is 4.89. The van der Waals surface area contributed by atoms with Gasteiger partial charge in [-0.3, -0.25) is 0 Å². The molecule has 20 heavy (non-hydrogen) atoms. The van der Waals surface area contributed by atoms with Crippen LogP contribution in [0.25, 0.3) is 0 Å². The van der Waals surface area contributed by atoms with Gasteiger partial charge in [0, 0.05) is 30.9 Å². The molecular weight excluding hydrogens is 246 g/mol. The summed E-state index contributed by atoms with van der Waals surface area (Å²) in [6.45, 7) is 13.0. The van der Waals surface area contributed by atoms with Crippen molar-refractivity contribution in [2.24, 2.45) is 0 Å². The van der Waals surface area contributed by atoms with Crippen LogP contribution in [0.2, 0.25) is 0 Å². The predicted molar refractivity (Wildman–Crippen MR) is 86.3 cm³/mol. The number of pyridine rings is 1. The molecule has 0 bridgehead atoms. The number of rotatable bonds is 7. The van der Waals surface area contributed by atoms with E-state index in [-0.39, 0.29) is 0 Å². The van der Waals surface area contributed by atoms with Crippen LogP contribution in [0.15, 0.2) is 12.1 Å². The lowest BCUT2D eigenvalue weighted by molar-refractivity contribution is 0.587. The molecule has 0 saturated heterocycles. The molecule has 3 nitrogen and oxygen atoms in total. The van der Waals surface area contributed by atoms with Crippen molar-refractivity contribution in [3.8, 4) is 0 Å². The Hall–Kier alpha value is -1.09. The number of nitrogens with zero attached hydrogens (tertiary/aromatic N) is 2.